The summed E-state index contributed by atoms with van der Waals surface area (Å²) in [6.45, 7) is 3.97. The first kappa shape index (κ1) is 26.3. The van der Waals surface area contributed by atoms with E-state index >= 15 is 0 Å². The van der Waals surface area contributed by atoms with Crippen LogP contribution in [-0.2, 0) is 4.79 Å². The summed E-state index contributed by atoms with van der Waals surface area (Å²) in [5, 5.41) is 9.17. The van der Waals surface area contributed by atoms with Crippen LogP contribution < -0.4 is 0 Å². The maximum absolute atomic E-state index is 11.2. The Kier molecular flexibility index (Phi) is 18.8. The number of hydrogen-bond acceptors (Lipinski definition) is 2. The highest BCUT2D eigenvalue weighted by molar-refractivity contribution is 7.80. The van der Waals surface area contributed by atoms with E-state index in [1.165, 1.54) is 0 Å². The van der Waals surface area contributed by atoms with Gasteiger partial charge in [0.1, 0.15) is 0 Å². The molecule has 0 aromatic rings. The molecular weight excluding hydrogens is 364 g/mol. The van der Waals surface area contributed by atoms with Crippen LogP contribution in [0.1, 0.15) is 78.1 Å². The predicted octanol–water partition coefficient (Wildman–Crippen LogP) is 7.78. The van der Waals surface area contributed by atoms with Gasteiger partial charge < -0.3 is 5.11 Å². The van der Waals surface area contributed by atoms with Crippen molar-refractivity contribution in [3.63, 3.8) is 0 Å². The molecule has 0 aliphatic rings. The van der Waals surface area contributed by atoms with Gasteiger partial charge in [0.25, 0.3) is 0 Å². The van der Waals surface area contributed by atoms with Crippen LogP contribution in [0.25, 0.3) is 0 Å². The van der Waals surface area contributed by atoms with E-state index in [0.717, 1.165) is 56.2 Å². The average Bonchev–Trinajstić information content (AvgIpc) is 2.65. The van der Waals surface area contributed by atoms with E-state index in [9.17, 15) is 9.90 Å². The minimum absolute atomic E-state index is 0.314. The first-order valence-corrected chi connectivity index (χ1v) is 11.0. The summed E-state index contributed by atoms with van der Waals surface area (Å²) in [5.41, 5.74) is 0. The number of hydrogen-bond donors (Lipinski definition) is 1. The summed E-state index contributed by atoms with van der Waals surface area (Å²) in [5.74, 6) is -1.04. The minimum Gasteiger partial charge on any atom is -0.481 e. The van der Waals surface area contributed by atoms with E-state index in [0.29, 0.717) is 12.8 Å². The lowest BCUT2D eigenvalue weighted by Gasteiger charge is -2.10. The molecule has 0 heterocycles. The van der Waals surface area contributed by atoms with Crippen molar-refractivity contribution >= 4 is 23.1 Å². The molecule has 0 aliphatic carbocycles. The molecule has 0 spiro atoms. The standard InChI is InChI=1S/C25H38O2S/c1-3-4-5-6-7-8-9-10-11-12-13-14-15-16-17-18-19-20-21-24(25(26)27)22-23(2)28/h4-5,7-8,10-11,13-14,16-17,24H,3,6,9,12,15,18-22H2,1-2H3,(H,26,27)/b5-4-,8-7-,11-10-,14-13-,17-16-. The fourth-order valence-electron chi connectivity index (χ4n) is 2.68. The molecule has 1 unspecified atom stereocenters. The number of rotatable bonds is 17. The molecule has 0 amide bonds. The maximum atomic E-state index is 11.2. The molecule has 28 heavy (non-hydrogen) atoms. The molecule has 156 valence electrons. The van der Waals surface area contributed by atoms with Crippen LogP contribution >= 0.6 is 12.2 Å². The largest absolute Gasteiger partial charge is 0.481 e. The lowest BCUT2D eigenvalue weighted by atomic mass is 9.96. The predicted molar refractivity (Wildman–Crippen MR) is 127 cm³/mol. The Morgan fingerprint density at radius 1 is 0.821 bits per heavy atom. The minimum atomic E-state index is -0.723. The molecule has 0 bridgehead atoms. The van der Waals surface area contributed by atoms with Crippen molar-refractivity contribution in [2.75, 3.05) is 0 Å². The van der Waals surface area contributed by atoms with Crippen LogP contribution in [-0.4, -0.2) is 15.9 Å². The molecule has 0 aromatic carbocycles. The second kappa shape index (κ2) is 20.0. The SMILES string of the molecule is CC/C=C\C/C=C\C/C=C\C/C=C\C/C=C\CCCCC(CC(C)=S)C(=O)O. The van der Waals surface area contributed by atoms with Crippen molar-refractivity contribution in [1.82, 2.24) is 0 Å². The molecule has 1 atom stereocenters. The number of carbonyl (C=O) groups is 1. The fraction of sp³-hybridized carbons (Fsp3) is 0.520. The first-order chi connectivity index (χ1) is 13.6. The average molecular weight is 403 g/mol. The third kappa shape index (κ3) is 19.0. The lowest BCUT2D eigenvalue weighted by Crippen LogP contribution is -2.16. The highest BCUT2D eigenvalue weighted by atomic mass is 32.1. The van der Waals surface area contributed by atoms with Gasteiger partial charge in [-0.15, -0.1) is 0 Å². The summed E-state index contributed by atoms with van der Waals surface area (Å²) in [6, 6.07) is 0. The first-order valence-electron chi connectivity index (χ1n) is 10.5. The van der Waals surface area contributed by atoms with Crippen molar-refractivity contribution in [2.45, 2.75) is 78.1 Å². The van der Waals surface area contributed by atoms with Crippen molar-refractivity contribution in [3.05, 3.63) is 60.8 Å². The quantitative estimate of drug-likeness (QED) is 0.153. The smallest absolute Gasteiger partial charge is 0.306 e. The van der Waals surface area contributed by atoms with Crippen LogP contribution in [0, 0.1) is 5.92 Å². The van der Waals surface area contributed by atoms with Crippen molar-refractivity contribution in [3.8, 4) is 0 Å². The zero-order valence-corrected chi connectivity index (χ0v) is 18.5. The van der Waals surface area contributed by atoms with E-state index in [1.54, 1.807) is 0 Å². The molecule has 0 saturated heterocycles. The van der Waals surface area contributed by atoms with E-state index in [4.69, 9.17) is 12.2 Å². The van der Waals surface area contributed by atoms with E-state index in [2.05, 4.69) is 67.7 Å². The molecule has 1 N–H and O–H groups in total. The van der Waals surface area contributed by atoms with Crippen LogP contribution in [0.2, 0.25) is 0 Å². The molecule has 0 radical (unpaired) electrons. The van der Waals surface area contributed by atoms with Crippen LogP contribution in [0.5, 0.6) is 0 Å². The van der Waals surface area contributed by atoms with Crippen LogP contribution in [0.4, 0.5) is 0 Å². The summed E-state index contributed by atoms with van der Waals surface area (Å²) < 4.78 is 0. The Balaban J connectivity index is 3.65. The Bertz CT molecular complexity index is 553. The van der Waals surface area contributed by atoms with Gasteiger partial charge in [0, 0.05) is 0 Å². The number of thiocarbonyl (C=S) groups is 1. The maximum Gasteiger partial charge on any atom is 0.306 e. The molecule has 0 fully saturated rings. The summed E-state index contributed by atoms with van der Waals surface area (Å²) >= 11 is 5.02. The van der Waals surface area contributed by atoms with Gasteiger partial charge in [-0.3, -0.25) is 4.79 Å². The van der Waals surface area contributed by atoms with Gasteiger partial charge in [-0.2, -0.15) is 0 Å². The highest BCUT2D eigenvalue weighted by Gasteiger charge is 2.16. The molecule has 0 rings (SSSR count). The second-order valence-electron chi connectivity index (χ2n) is 6.93. The van der Waals surface area contributed by atoms with Crippen molar-refractivity contribution in [1.29, 1.82) is 0 Å². The summed E-state index contributed by atoms with van der Waals surface area (Å²) in [7, 11) is 0. The van der Waals surface area contributed by atoms with Gasteiger partial charge in [0.05, 0.1) is 5.92 Å². The van der Waals surface area contributed by atoms with Crippen LogP contribution in [0.3, 0.4) is 0 Å². The van der Waals surface area contributed by atoms with Gasteiger partial charge >= 0.3 is 5.97 Å². The number of allylic oxidation sites excluding steroid dienone is 10. The van der Waals surface area contributed by atoms with E-state index < -0.39 is 5.97 Å². The van der Waals surface area contributed by atoms with Gasteiger partial charge in [-0.05, 0) is 69.6 Å². The summed E-state index contributed by atoms with van der Waals surface area (Å²) in [4.78, 5) is 11.9. The zero-order valence-electron chi connectivity index (χ0n) is 17.7. The van der Waals surface area contributed by atoms with Gasteiger partial charge in [0.2, 0.25) is 0 Å². The molecule has 2 nitrogen and oxygen atoms in total. The number of carboxylic acid groups (broad SMARTS) is 1. The second-order valence-corrected chi connectivity index (χ2v) is 7.63. The topological polar surface area (TPSA) is 37.3 Å². The third-order valence-electron chi connectivity index (χ3n) is 4.21. The van der Waals surface area contributed by atoms with Crippen molar-refractivity contribution < 1.29 is 9.90 Å². The molecule has 0 aromatic heterocycles. The Morgan fingerprint density at radius 2 is 1.29 bits per heavy atom. The van der Waals surface area contributed by atoms with Crippen LogP contribution in [0.15, 0.2) is 60.8 Å². The normalized spacial score (nSPS) is 13.6. The molecule has 3 heteroatoms. The molecular formula is C25H38O2S. The monoisotopic (exact) mass is 402 g/mol. The third-order valence-corrected chi connectivity index (χ3v) is 4.38. The highest BCUT2D eigenvalue weighted by Crippen LogP contribution is 2.15. The van der Waals surface area contributed by atoms with Gasteiger partial charge in [0.15, 0.2) is 0 Å². The number of unbranched alkanes of at least 4 members (excludes halogenated alkanes) is 2. The lowest BCUT2D eigenvalue weighted by molar-refractivity contribution is -0.141. The number of aliphatic carboxylic acids is 1. The zero-order chi connectivity index (χ0) is 20.9. The van der Waals surface area contributed by atoms with Gasteiger partial charge in [-0.25, -0.2) is 0 Å². The number of carboxylic acids is 1. The molecule has 0 aliphatic heterocycles. The Labute approximate surface area is 177 Å². The van der Waals surface area contributed by atoms with E-state index in [-0.39, 0.29) is 5.92 Å². The fourth-order valence-corrected chi connectivity index (χ4v) is 2.88. The Hall–Kier alpha value is -1.74. The summed E-state index contributed by atoms with van der Waals surface area (Å²) in [6.07, 6.45) is 31.3. The molecule has 0 saturated carbocycles. The van der Waals surface area contributed by atoms with Gasteiger partial charge in [-0.1, -0.05) is 86.3 Å². The van der Waals surface area contributed by atoms with E-state index in [1.807, 2.05) is 6.92 Å². The van der Waals surface area contributed by atoms with Crippen molar-refractivity contribution in [2.24, 2.45) is 5.92 Å². The Morgan fingerprint density at radius 3 is 1.71 bits per heavy atom.